The second-order valence-corrected chi connectivity index (χ2v) is 7.27. The zero-order valence-electron chi connectivity index (χ0n) is 15.0. The molecule has 134 valence electrons. The third kappa shape index (κ3) is 8.55. The lowest BCUT2D eigenvalue weighted by atomic mass is 9.71. The fraction of sp³-hybridized carbons (Fsp3) is 0.850. The van der Waals surface area contributed by atoms with Crippen molar-refractivity contribution in [3.8, 4) is 0 Å². The predicted octanol–water partition coefficient (Wildman–Crippen LogP) is 5.17. The zero-order chi connectivity index (χ0) is 17.0. The van der Waals surface area contributed by atoms with Gasteiger partial charge in [-0.05, 0) is 32.1 Å². The Morgan fingerprint density at radius 1 is 1.17 bits per heavy atom. The minimum atomic E-state index is -0.314. The van der Waals surface area contributed by atoms with E-state index in [2.05, 4.69) is 13.5 Å². The Morgan fingerprint density at radius 3 is 2.52 bits per heavy atom. The number of carbonyl (C=O) groups is 1. The van der Waals surface area contributed by atoms with Crippen molar-refractivity contribution in [3.05, 3.63) is 12.7 Å². The molecule has 1 aliphatic carbocycles. The van der Waals surface area contributed by atoms with Gasteiger partial charge < -0.3 is 9.84 Å². The molecule has 0 saturated heterocycles. The normalized spacial score (nSPS) is 18.3. The van der Waals surface area contributed by atoms with Gasteiger partial charge in [0.15, 0.2) is 0 Å². The van der Waals surface area contributed by atoms with E-state index in [0.717, 1.165) is 44.9 Å². The van der Waals surface area contributed by atoms with Crippen LogP contribution in [0.3, 0.4) is 0 Å². The average Bonchev–Trinajstić information content (AvgIpc) is 2.57. The molecule has 0 aromatic carbocycles. The van der Waals surface area contributed by atoms with E-state index in [1.807, 2.05) is 0 Å². The van der Waals surface area contributed by atoms with Crippen LogP contribution in [-0.2, 0) is 9.53 Å². The van der Waals surface area contributed by atoms with Crippen LogP contribution in [-0.4, -0.2) is 23.8 Å². The summed E-state index contributed by atoms with van der Waals surface area (Å²) in [5.41, 5.74) is 0.138. The van der Waals surface area contributed by atoms with Gasteiger partial charge in [-0.2, -0.15) is 0 Å². The van der Waals surface area contributed by atoms with Crippen molar-refractivity contribution in [1.82, 2.24) is 0 Å². The van der Waals surface area contributed by atoms with Gasteiger partial charge in [-0.1, -0.05) is 64.9 Å². The molecule has 1 saturated carbocycles. The monoisotopic (exact) mass is 324 g/mol. The van der Waals surface area contributed by atoms with Crippen LogP contribution in [0.2, 0.25) is 0 Å². The first-order chi connectivity index (χ1) is 11.1. The Kier molecular flexibility index (Phi) is 10.3. The van der Waals surface area contributed by atoms with Gasteiger partial charge in [-0.15, -0.1) is 0 Å². The zero-order valence-corrected chi connectivity index (χ0v) is 15.0. The summed E-state index contributed by atoms with van der Waals surface area (Å²) in [5.74, 6) is -0.314. The maximum atomic E-state index is 11.4. The molecule has 0 radical (unpaired) electrons. The maximum absolute atomic E-state index is 11.4. The summed E-state index contributed by atoms with van der Waals surface area (Å²) in [6.45, 7) is 6.19. The van der Waals surface area contributed by atoms with E-state index in [4.69, 9.17) is 4.74 Å². The molecule has 0 aromatic rings. The van der Waals surface area contributed by atoms with Crippen LogP contribution in [0.4, 0.5) is 0 Å². The van der Waals surface area contributed by atoms with E-state index in [-0.39, 0.29) is 17.5 Å². The molecule has 1 unspecified atom stereocenters. The fourth-order valence-corrected chi connectivity index (χ4v) is 3.72. The van der Waals surface area contributed by atoms with Crippen LogP contribution in [0.1, 0.15) is 90.4 Å². The summed E-state index contributed by atoms with van der Waals surface area (Å²) in [6, 6.07) is 0. The second kappa shape index (κ2) is 11.7. The van der Waals surface area contributed by atoms with Crippen LogP contribution in [0.5, 0.6) is 0 Å². The van der Waals surface area contributed by atoms with E-state index in [1.54, 1.807) is 0 Å². The van der Waals surface area contributed by atoms with Crippen molar-refractivity contribution in [2.75, 3.05) is 6.61 Å². The summed E-state index contributed by atoms with van der Waals surface area (Å²) in [7, 11) is 0. The molecule has 0 aromatic heterocycles. The number of unbranched alkanes of at least 4 members (excludes halogenated alkanes) is 3. The Morgan fingerprint density at radius 2 is 1.87 bits per heavy atom. The fourth-order valence-electron chi connectivity index (χ4n) is 3.72. The van der Waals surface area contributed by atoms with Crippen molar-refractivity contribution in [2.24, 2.45) is 5.41 Å². The average molecular weight is 325 g/mol. The summed E-state index contributed by atoms with van der Waals surface area (Å²) in [5, 5.41) is 10.1. The third-order valence-corrected chi connectivity index (χ3v) is 5.24. The molecule has 3 heteroatoms. The van der Waals surface area contributed by atoms with E-state index in [1.165, 1.54) is 44.6 Å². The molecule has 0 heterocycles. The topological polar surface area (TPSA) is 46.5 Å². The van der Waals surface area contributed by atoms with Crippen molar-refractivity contribution in [3.63, 3.8) is 0 Å². The van der Waals surface area contributed by atoms with Crippen LogP contribution in [0.25, 0.3) is 0 Å². The number of hydrogen-bond donors (Lipinski definition) is 1. The first kappa shape index (κ1) is 20.2. The van der Waals surface area contributed by atoms with Gasteiger partial charge in [-0.25, -0.2) is 4.79 Å². The molecule has 1 fully saturated rings. The number of carbonyl (C=O) groups excluding carboxylic acids is 1. The quantitative estimate of drug-likeness (QED) is 0.306. The maximum Gasteiger partial charge on any atom is 0.330 e. The van der Waals surface area contributed by atoms with Crippen LogP contribution < -0.4 is 0 Å². The van der Waals surface area contributed by atoms with Gasteiger partial charge in [0, 0.05) is 11.5 Å². The Hall–Kier alpha value is -0.830. The molecule has 0 spiro atoms. The van der Waals surface area contributed by atoms with Gasteiger partial charge >= 0.3 is 5.97 Å². The highest BCUT2D eigenvalue weighted by molar-refractivity contribution is 5.81. The number of esters is 1. The SMILES string of the molecule is C=CC(=O)OCC1(CCCC(O)CCCCCC)CCCCC1. The summed E-state index contributed by atoms with van der Waals surface area (Å²) < 4.78 is 5.36. The number of hydrogen-bond acceptors (Lipinski definition) is 3. The van der Waals surface area contributed by atoms with E-state index < -0.39 is 0 Å². The molecule has 0 aliphatic heterocycles. The second-order valence-electron chi connectivity index (χ2n) is 7.27. The lowest BCUT2D eigenvalue weighted by Gasteiger charge is -2.37. The van der Waals surface area contributed by atoms with Crippen LogP contribution in [0, 0.1) is 5.41 Å². The Bertz CT molecular complexity index is 332. The number of ether oxygens (including phenoxy) is 1. The van der Waals surface area contributed by atoms with Gasteiger partial charge in [0.05, 0.1) is 12.7 Å². The van der Waals surface area contributed by atoms with E-state index in [0.29, 0.717) is 6.61 Å². The first-order valence-electron chi connectivity index (χ1n) is 9.59. The van der Waals surface area contributed by atoms with Crippen LogP contribution in [0.15, 0.2) is 12.7 Å². The molecule has 0 bridgehead atoms. The summed E-state index contributed by atoms with van der Waals surface area (Å²) in [4.78, 5) is 11.4. The highest BCUT2D eigenvalue weighted by Crippen LogP contribution is 2.41. The highest BCUT2D eigenvalue weighted by atomic mass is 16.5. The predicted molar refractivity (Wildman–Crippen MR) is 95.3 cm³/mol. The largest absolute Gasteiger partial charge is 0.462 e. The standard InChI is InChI=1S/C20H36O3/c1-3-5-6-8-12-18(21)13-11-16-20(14-9-7-10-15-20)17-23-19(22)4-2/h4,18,21H,2-3,5-17H2,1H3. The Labute approximate surface area is 142 Å². The smallest absolute Gasteiger partial charge is 0.330 e. The number of rotatable bonds is 12. The lowest BCUT2D eigenvalue weighted by molar-refractivity contribution is -0.142. The first-order valence-corrected chi connectivity index (χ1v) is 9.59. The molecule has 0 amide bonds. The molecule has 1 N–H and O–H groups in total. The van der Waals surface area contributed by atoms with Gasteiger partial charge in [0.1, 0.15) is 0 Å². The highest BCUT2D eigenvalue weighted by Gasteiger charge is 2.33. The minimum absolute atomic E-state index is 0.138. The van der Waals surface area contributed by atoms with Gasteiger partial charge in [-0.3, -0.25) is 0 Å². The van der Waals surface area contributed by atoms with Crippen molar-refractivity contribution in [1.29, 1.82) is 0 Å². The molecular formula is C20H36O3. The van der Waals surface area contributed by atoms with E-state index in [9.17, 15) is 9.90 Å². The molecule has 1 atom stereocenters. The molecule has 3 nitrogen and oxygen atoms in total. The van der Waals surface area contributed by atoms with E-state index >= 15 is 0 Å². The van der Waals surface area contributed by atoms with Gasteiger partial charge in [0.2, 0.25) is 0 Å². The van der Waals surface area contributed by atoms with Crippen molar-refractivity contribution >= 4 is 5.97 Å². The number of aliphatic hydroxyl groups is 1. The van der Waals surface area contributed by atoms with Crippen molar-refractivity contribution in [2.45, 2.75) is 96.5 Å². The molecule has 1 rings (SSSR count). The summed E-state index contributed by atoms with van der Waals surface area (Å²) >= 11 is 0. The van der Waals surface area contributed by atoms with Gasteiger partial charge in [0.25, 0.3) is 0 Å². The summed E-state index contributed by atoms with van der Waals surface area (Å²) in [6.07, 6.45) is 15.9. The van der Waals surface area contributed by atoms with Crippen LogP contribution >= 0.6 is 0 Å². The minimum Gasteiger partial charge on any atom is -0.462 e. The molecule has 23 heavy (non-hydrogen) atoms. The number of aliphatic hydroxyl groups excluding tert-OH is 1. The lowest BCUT2D eigenvalue weighted by Crippen LogP contribution is -2.31. The van der Waals surface area contributed by atoms with Crippen molar-refractivity contribution < 1.29 is 14.6 Å². The third-order valence-electron chi connectivity index (χ3n) is 5.24. The molecule has 1 aliphatic rings. The Balaban J connectivity index is 2.30. The molecular weight excluding hydrogens is 288 g/mol.